The van der Waals surface area contributed by atoms with E-state index in [0.29, 0.717) is 25.0 Å². The lowest BCUT2D eigenvalue weighted by Crippen LogP contribution is -2.60. The molecule has 0 aromatic carbocycles. The van der Waals surface area contributed by atoms with Crippen LogP contribution in [0.4, 0.5) is 11.5 Å². The Morgan fingerprint density at radius 1 is 1.19 bits per heavy atom. The number of carbonyl (C=O) groups is 1. The van der Waals surface area contributed by atoms with E-state index in [1.54, 1.807) is 23.5 Å². The van der Waals surface area contributed by atoms with Gasteiger partial charge < -0.3 is 14.5 Å². The Balaban J connectivity index is 1.50. The fourth-order valence-electron chi connectivity index (χ4n) is 5.02. The predicted molar refractivity (Wildman–Crippen MR) is 117 cm³/mol. The number of likely N-dealkylation sites (N-methyl/N-ethyl adjacent to an activating group) is 1. The normalized spacial score (nSPS) is 25.9. The summed E-state index contributed by atoms with van der Waals surface area (Å²) < 4.78 is 7.47. The number of hydrogen-bond acceptors (Lipinski definition) is 8. The summed E-state index contributed by atoms with van der Waals surface area (Å²) in [5.74, 6) is 2.49. The van der Waals surface area contributed by atoms with E-state index >= 15 is 0 Å². The summed E-state index contributed by atoms with van der Waals surface area (Å²) >= 11 is 1.53. The van der Waals surface area contributed by atoms with Gasteiger partial charge in [0.05, 0.1) is 6.20 Å². The quantitative estimate of drug-likeness (QED) is 0.622. The lowest BCUT2D eigenvalue weighted by Gasteiger charge is -2.47. The summed E-state index contributed by atoms with van der Waals surface area (Å²) in [4.78, 5) is 35.9. The van der Waals surface area contributed by atoms with Crippen LogP contribution >= 0.6 is 11.3 Å². The lowest BCUT2D eigenvalue weighted by molar-refractivity contribution is -0.121. The number of rotatable bonds is 3. The first-order valence-corrected chi connectivity index (χ1v) is 11.4. The molecule has 10 heteroatoms. The lowest BCUT2D eigenvalue weighted by atomic mass is 9.98. The molecule has 2 atom stereocenters. The number of fused-ring (bicyclic) bond motifs is 1. The van der Waals surface area contributed by atoms with Gasteiger partial charge in [-0.05, 0) is 25.2 Å². The molecule has 1 amide bonds. The molecular formula is C21H23N7O2S. The zero-order chi connectivity index (χ0) is 21.2. The molecule has 3 aromatic rings. The van der Waals surface area contributed by atoms with E-state index in [-0.39, 0.29) is 17.9 Å². The van der Waals surface area contributed by atoms with E-state index in [1.807, 2.05) is 23.2 Å². The summed E-state index contributed by atoms with van der Waals surface area (Å²) in [7, 11) is 1.83. The van der Waals surface area contributed by atoms with E-state index in [1.165, 1.54) is 11.3 Å². The Bertz CT molecular complexity index is 1140. The number of anilines is 2. The Labute approximate surface area is 183 Å². The SMILES string of the molecule is C[C@H]1C[C@@]12C(=O)N(C)c1cnc(-n3ccnc3-c3nccs3)nc1N2C1CCOCC1. The van der Waals surface area contributed by atoms with Crippen LogP contribution in [0.5, 0.6) is 0 Å². The van der Waals surface area contributed by atoms with Gasteiger partial charge in [-0.25, -0.2) is 15.0 Å². The molecule has 0 N–H and O–H groups in total. The monoisotopic (exact) mass is 437 g/mol. The number of aromatic nitrogens is 5. The molecule has 5 heterocycles. The summed E-state index contributed by atoms with van der Waals surface area (Å²) in [5, 5.41) is 2.74. The molecule has 0 radical (unpaired) electrons. The highest BCUT2D eigenvalue weighted by atomic mass is 32.1. The van der Waals surface area contributed by atoms with Crippen molar-refractivity contribution < 1.29 is 9.53 Å². The summed E-state index contributed by atoms with van der Waals surface area (Å²) in [6.45, 7) is 3.57. The first-order valence-electron chi connectivity index (χ1n) is 10.6. The summed E-state index contributed by atoms with van der Waals surface area (Å²) in [5.41, 5.74) is 0.239. The van der Waals surface area contributed by atoms with Crippen LogP contribution in [0.2, 0.25) is 0 Å². The molecule has 0 unspecified atom stereocenters. The number of hydrogen-bond donors (Lipinski definition) is 0. The molecule has 1 spiro atoms. The van der Waals surface area contributed by atoms with Gasteiger partial charge in [0.2, 0.25) is 5.95 Å². The number of thiazole rings is 1. The van der Waals surface area contributed by atoms with Gasteiger partial charge >= 0.3 is 0 Å². The molecule has 6 rings (SSSR count). The standard InChI is InChI=1S/C21H23N7O2S/c1-13-11-21(13)19(29)26(2)15-12-24-20(25-16(15)28(21)14-3-8-30-9-4-14)27-7-5-22-17(27)18-23-6-10-31-18/h5-7,10,12-14H,3-4,8-9,11H2,1-2H3/t13-,21-/m0/s1. The number of carbonyl (C=O) groups excluding carboxylic acids is 1. The maximum atomic E-state index is 13.4. The van der Waals surface area contributed by atoms with Crippen molar-refractivity contribution in [1.29, 1.82) is 0 Å². The average molecular weight is 438 g/mol. The van der Waals surface area contributed by atoms with Gasteiger partial charge in [0.1, 0.15) is 11.2 Å². The van der Waals surface area contributed by atoms with Crippen molar-refractivity contribution >= 4 is 28.7 Å². The van der Waals surface area contributed by atoms with Crippen LogP contribution < -0.4 is 9.80 Å². The highest BCUT2D eigenvalue weighted by molar-refractivity contribution is 7.13. The smallest absolute Gasteiger partial charge is 0.253 e. The molecule has 9 nitrogen and oxygen atoms in total. The summed E-state index contributed by atoms with van der Waals surface area (Å²) in [6, 6.07) is 0.221. The number of nitrogens with zero attached hydrogens (tertiary/aromatic N) is 7. The highest BCUT2D eigenvalue weighted by Crippen LogP contribution is 2.56. The van der Waals surface area contributed by atoms with E-state index in [4.69, 9.17) is 9.72 Å². The largest absolute Gasteiger partial charge is 0.381 e. The molecule has 1 saturated carbocycles. The third kappa shape index (κ3) is 2.67. The van der Waals surface area contributed by atoms with Gasteiger partial charge in [0, 0.05) is 50.3 Å². The van der Waals surface area contributed by atoms with Crippen molar-refractivity contribution in [2.45, 2.75) is 37.8 Å². The fourth-order valence-corrected chi connectivity index (χ4v) is 5.65. The first-order chi connectivity index (χ1) is 15.1. The zero-order valence-electron chi connectivity index (χ0n) is 17.4. The van der Waals surface area contributed by atoms with Crippen LogP contribution in [0.3, 0.4) is 0 Å². The number of amides is 1. The van der Waals surface area contributed by atoms with Gasteiger partial charge in [-0.2, -0.15) is 4.98 Å². The predicted octanol–water partition coefficient (Wildman–Crippen LogP) is 2.53. The molecule has 0 bridgehead atoms. The topological polar surface area (TPSA) is 89.3 Å². The van der Waals surface area contributed by atoms with Crippen LogP contribution in [-0.4, -0.2) is 62.3 Å². The molecule has 2 aliphatic heterocycles. The number of imidazole rings is 1. The third-order valence-electron chi connectivity index (χ3n) is 6.74. The average Bonchev–Trinajstić information content (AvgIpc) is 3.21. The second-order valence-electron chi connectivity index (χ2n) is 8.44. The molecule has 31 heavy (non-hydrogen) atoms. The van der Waals surface area contributed by atoms with Gasteiger partial charge in [0.25, 0.3) is 5.91 Å². The second-order valence-corrected chi connectivity index (χ2v) is 9.34. The Kier molecular flexibility index (Phi) is 4.16. The maximum absolute atomic E-state index is 13.4. The molecule has 3 aromatic heterocycles. The number of ether oxygens (including phenoxy) is 1. The maximum Gasteiger partial charge on any atom is 0.253 e. The molecule has 1 saturated heterocycles. The van der Waals surface area contributed by atoms with Crippen molar-refractivity contribution in [3.05, 3.63) is 30.2 Å². The van der Waals surface area contributed by atoms with Crippen LogP contribution in [0.15, 0.2) is 30.2 Å². The minimum absolute atomic E-state index is 0.140. The van der Waals surface area contributed by atoms with Crippen LogP contribution in [0.25, 0.3) is 16.8 Å². The Morgan fingerprint density at radius 2 is 2.00 bits per heavy atom. The van der Waals surface area contributed by atoms with Gasteiger partial charge in [-0.3, -0.25) is 9.36 Å². The molecular weight excluding hydrogens is 414 g/mol. The second kappa shape index (κ2) is 6.83. The van der Waals surface area contributed by atoms with E-state index in [0.717, 1.165) is 35.8 Å². The Hall–Kier alpha value is -2.85. The molecule has 160 valence electrons. The van der Waals surface area contributed by atoms with Crippen molar-refractivity contribution in [2.24, 2.45) is 5.92 Å². The minimum atomic E-state index is -0.511. The molecule has 2 fully saturated rings. The van der Waals surface area contributed by atoms with Crippen LogP contribution in [-0.2, 0) is 9.53 Å². The fraction of sp³-hybridized carbons (Fsp3) is 0.476. The van der Waals surface area contributed by atoms with Crippen LogP contribution in [0.1, 0.15) is 26.2 Å². The van der Waals surface area contributed by atoms with Crippen LogP contribution in [0, 0.1) is 5.92 Å². The van der Waals surface area contributed by atoms with Gasteiger partial charge in [0.15, 0.2) is 16.6 Å². The zero-order valence-corrected chi connectivity index (χ0v) is 18.2. The van der Waals surface area contributed by atoms with Crippen molar-refractivity contribution in [3.63, 3.8) is 0 Å². The van der Waals surface area contributed by atoms with Crippen molar-refractivity contribution in [2.75, 3.05) is 30.1 Å². The minimum Gasteiger partial charge on any atom is -0.381 e. The van der Waals surface area contributed by atoms with E-state index < -0.39 is 5.54 Å². The molecule has 3 aliphatic rings. The van der Waals surface area contributed by atoms with E-state index in [2.05, 4.69) is 26.8 Å². The Morgan fingerprint density at radius 3 is 2.71 bits per heavy atom. The molecule has 1 aliphatic carbocycles. The van der Waals surface area contributed by atoms with Crippen molar-refractivity contribution in [3.8, 4) is 16.8 Å². The van der Waals surface area contributed by atoms with Crippen molar-refractivity contribution in [1.82, 2.24) is 24.5 Å². The van der Waals surface area contributed by atoms with Gasteiger partial charge in [-0.1, -0.05) is 6.92 Å². The highest BCUT2D eigenvalue weighted by Gasteiger charge is 2.66. The summed E-state index contributed by atoms with van der Waals surface area (Å²) in [6.07, 6.45) is 9.73. The van der Waals surface area contributed by atoms with E-state index in [9.17, 15) is 4.79 Å². The third-order valence-corrected chi connectivity index (χ3v) is 7.51. The van der Waals surface area contributed by atoms with Gasteiger partial charge in [-0.15, -0.1) is 11.3 Å². The first kappa shape index (κ1) is 18.9.